The Bertz CT molecular complexity index is 440. The lowest BCUT2D eigenvalue weighted by molar-refractivity contribution is 0.708. The van der Waals surface area contributed by atoms with Crippen LogP contribution in [0.1, 0.15) is 37.4 Å². The van der Waals surface area contributed by atoms with Gasteiger partial charge in [0, 0.05) is 16.6 Å². The average Bonchev–Trinajstić information content (AvgIpc) is 2.57. The van der Waals surface area contributed by atoms with Crippen LogP contribution in [0, 0.1) is 6.92 Å². The number of aromatic nitrogens is 1. The number of aromatic amines is 1. The van der Waals surface area contributed by atoms with Gasteiger partial charge in [0.1, 0.15) is 0 Å². The van der Waals surface area contributed by atoms with Gasteiger partial charge in [0.05, 0.1) is 0 Å². The Morgan fingerprint density at radius 2 is 1.93 bits per heavy atom. The van der Waals surface area contributed by atoms with E-state index in [-0.39, 0.29) is 0 Å². The van der Waals surface area contributed by atoms with E-state index in [2.05, 4.69) is 43.1 Å². The molecule has 15 heavy (non-hydrogen) atoms. The Kier molecular flexibility index (Phi) is 3.10. The zero-order valence-corrected chi connectivity index (χ0v) is 9.64. The molecule has 0 fully saturated rings. The molecular weight excluding hydrogens is 182 g/mol. The number of nitrogens with one attached hydrogen (secondary N) is 1. The van der Waals surface area contributed by atoms with E-state index in [4.69, 9.17) is 0 Å². The van der Waals surface area contributed by atoms with Gasteiger partial charge in [-0.3, -0.25) is 0 Å². The second kappa shape index (κ2) is 4.52. The minimum Gasteiger partial charge on any atom is -0.358 e. The maximum Gasteiger partial charge on any atom is 0.0458 e. The lowest BCUT2D eigenvalue weighted by atomic mass is 10.1. The van der Waals surface area contributed by atoms with E-state index in [0.29, 0.717) is 0 Å². The van der Waals surface area contributed by atoms with Gasteiger partial charge in [-0.25, -0.2) is 0 Å². The summed E-state index contributed by atoms with van der Waals surface area (Å²) in [7, 11) is 0. The van der Waals surface area contributed by atoms with Crippen LogP contribution in [0.15, 0.2) is 24.3 Å². The highest BCUT2D eigenvalue weighted by Crippen LogP contribution is 2.22. The normalized spacial score (nSPS) is 11.1. The molecule has 0 amide bonds. The third kappa shape index (κ3) is 2.06. The molecule has 0 saturated carbocycles. The molecule has 0 spiro atoms. The molecule has 0 aliphatic rings. The first kappa shape index (κ1) is 10.3. The molecule has 1 heteroatoms. The zero-order chi connectivity index (χ0) is 10.7. The Morgan fingerprint density at radius 3 is 2.67 bits per heavy atom. The van der Waals surface area contributed by atoms with Gasteiger partial charge in [-0.2, -0.15) is 0 Å². The molecule has 2 rings (SSSR count). The maximum absolute atomic E-state index is 3.52. The third-order valence-electron chi connectivity index (χ3n) is 3.10. The highest BCUT2D eigenvalue weighted by Gasteiger charge is 2.05. The van der Waals surface area contributed by atoms with E-state index in [1.54, 1.807) is 0 Å². The number of unbranched alkanes of at least 4 members (excludes halogenated alkanes) is 2. The highest BCUT2D eigenvalue weighted by molar-refractivity contribution is 5.84. The molecule has 0 radical (unpaired) electrons. The molecule has 0 bridgehead atoms. The average molecular weight is 201 g/mol. The quantitative estimate of drug-likeness (QED) is 0.713. The SMILES string of the molecule is CCCCCc1[nH]c2ccccc2c1C. The summed E-state index contributed by atoms with van der Waals surface area (Å²) in [6, 6.07) is 8.56. The maximum atomic E-state index is 3.52. The molecule has 1 heterocycles. The largest absolute Gasteiger partial charge is 0.358 e. The summed E-state index contributed by atoms with van der Waals surface area (Å²) in [5.41, 5.74) is 4.13. The Hall–Kier alpha value is -1.24. The summed E-state index contributed by atoms with van der Waals surface area (Å²) in [6.07, 6.45) is 5.10. The summed E-state index contributed by atoms with van der Waals surface area (Å²) in [5.74, 6) is 0. The van der Waals surface area contributed by atoms with E-state index in [1.165, 1.54) is 47.8 Å². The van der Waals surface area contributed by atoms with E-state index in [9.17, 15) is 0 Å². The van der Waals surface area contributed by atoms with Gasteiger partial charge in [-0.05, 0) is 31.4 Å². The van der Waals surface area contributed by atoms with Crippen molar-refractivity contribution in [1.82, 2.24) is 4.98 Å². The molecule has 80 valence electrons. The van der Waals surface area contributed by atoms with Gasteiger partial charge in [0.15, 0.2) is 0 Å². The van der Waals surface area contributed by atoms with Crippen molar-refractivity contribution in [2.75, 3.05) is 0 Å². The fourth-order valence-corrected chi connectivity index (χ4v) is 2.14. The van der Waals surface area contributed by atoms with E-state index in [0.717, 1.165) is 0 Å². The molecule has 1 nitrogen and oxygen atoms in total. The van der Waals surface area contributed by atoms with Crippen molar-refractivity contribution in [3.63, 3.8) is 0 Å². The second-order valence-electron chi connectivity index (χ2n) is 4.23. The monoisotopic (exact) mass is 201 g/mol. The number of para-hydroxylation sites is 1. The van der Waals surface area contributed by atoms with Gasteiger partial charge >= 0.3 is 0 Å². The van der Waals surface area contributed by atoms with Gasteiger partial charge in [0.2, 0.25) is 0 Å². The summed E-state index contributed by atoms with van der Waals surface area (Å²) >= 11 is 0. The molecule has 1 N–H and O–H groups in total. The molecule has 1 aromatic carbocycles. The fraction of sp³-hybridized carbons (Fsp3) is 0.429. The van der Waals surface area contributed by atoms with Crippen molar-refractivity contribution < 1.29 is 0 Å². The van der Waals surface area contributed by atoms with Crippen LogP contribution in [0.5, 0.6) is 0 Å². The molecule has 0 unspecified atom stereocenters. The van der Waals surface area contributed by atoms with Crippen LogP contribution in [0.4, 0.5) is 0 Å². The Balaban J connectivity index is 2.24. The van der Waals surface area contributed by atoms with Crippen LogP contribution < -0.4 is 0 Å². The molecular formula is C14H19N. The highest BCUT2D eigenvalue weighted by atomic mass is 14.7. The topological polar surface area (TPSA) is 15.8 Å². The van der Waals surface area contributed by atoms with Gasteiger partial charge in [-0.1, -0.05) is 38.0 Å². The van der Waals surface area contributed by atoms with Crippen LogP contribution in [0.25, 0.3) is 10.9 Å². The minimum atomic E-state index is 1.19. The second-order valence-corrected chi connectivity index (χ2v) is 4.23. The van der Waals surface area contributed by atoms with Crippen molar-refractivity contribution >= 4 is 10.9 Å². The lowest BCUT2D eigenvalue weighted by Gasteiger charge is -1.98. The molecule has 0 aliphatic carbocycles. The van der Waals surface area contributed by atoms with Gasteiger partial charge in [-0.15, -0.1) is 0 Å². The standard InChI is InChI=1S/C14H19N/c1-3-4-5-9-13-11(2)12-8-6-7-10-14(12)15-13/h6-8,10,15H,3-5,9H2,1-2H3. The molecule has 2 aromatic rings. The third-order valence-corrected chi connectivity index (χ3v) is 3.10. The number of hydrogen-bond acceptors (Lipinski definition) is 0. The molecule has 0 atom stereocenters. The summed E-state index contributed by atoms with van der Waals surface area (Å²) in [6.45, 7) is 4.47. The number of benzene rings is 1. The predicted octanol–water partition coefficient (Wildman–Crippen LogP) is 4.21. The van der Waals surface area contributed by atoms with Crippen molar-refractivity contribution in [2.45, 2.75) is 39.5 Å². The molecule has 1 aromatic heterocycles. The lowest BCUT2D eigenvalue weighted by Crippen LogP contribution is -1.87. The number of hydrogen-bond donors (Lipinski definition) is 1. The summed E-state index contributed by atoms with van der Waals surface area (Å²) in [4.78, 5) is 3.52. The number of aryl methyl sites for hydroxylation is 2. The van der Waals surface area contributed by atoms with Crippen LogP contribution in [-0.4, -0.2) is 4.98 Å². The summed E-state index contributed by atoms with van der Waals surface area (Å²) < 4.78 is 0. The van der Waals surface area contributed by atoms with Gasteiger partial charge < -0.3 is 4.98 Å². The summed E-state index contributed by atoms with van der Waals surface area (Å²) in [5, 5.41) is 1.38. The van der Waals surface area contributed by atoms with Crippen LogP contribution in [-0.2, 0) is 6.42 Å². The number of rotatable bonds is 4. The van der Waals surface area contributed by atoms with E-state index < -0.39 is 0 Å². The Morgan fingerprint density at radius 1 is 1.13 bits per heavy atom. The fourth-order valence-electron chi connectivity index (χ4n) is 2.14. The van der Waals surface area contributed by atoms with Crippen molar-refractivity contribution in [3.8, 4) is 0 Å². The number of H-pyrrole nitrogens is 1. The first-order chi connectivity index (χ1) is 7.33. The van der Waals surface area contributed by atoms with Crippen molar-refractivity contribution in [3.05, 3.63) is 35.5 Å². The van der Waals surface area contributed by atoms with Crippen molar-refractivity contribution in [2.24, 2.45) is 0 Å². The van der Waals surface area contributed by atoms with E-state index >= 15 is 0 Å². The van der Waals surface area contributed by atoms with E-state index in [1.807, 2.05) is 0 Å². The first-order valence-corrected chi connectivity index (χ1v) is 5.89. The van der Waals surface area contributed by atoms with Crippen molar-refractivity contribution in [1.29, 1.82) is 0 Å². The van der Waals surface area contributed by atoms with Gasteiger partial charge in [0.25, 0.3) is 0 Å². The van der Waals surface area contributed by atoms with Crippen LogP contribution >= 0.6 is 0 Å². The predicted molar refractivity (Wildman–Crippen MR) is 66.3 cm³/mol. The molecule has 0 saturated heterocycles. The van der Waals surface area contributed by atoms with Crippen LogP contribution in [0.3, 0.4) is 0 Å². The Labute approximate surface area is 91.5 Å². The first-order valence-electron chi connectivity index (χ1n) is 5.89. The van der Waals surface area contributed by atoms with Crippen LogP contribution in [0.2, 0.25) is 0 Å². The number of fused-ring (bicyclic) bond motifs is 1. The zero-order valence-electron chi connectivity index (χ0n) is 9.64. The molecule has 0 aliphatic heterocycles. The smallest absolute Gasteiger partial charge is 0.0458 e. The minimum absolute atomic E-state index is 1.19.